The monoisotopic (exact) mass is 244 g/mol. The number of carbonyl (C=O) groups is 2. The first-order chi connectivity index (χ1) is 7.85. The van der Waals surface area contributed by atoms with Crippen molar-refractivity contribution in [2.75, 3.05) is 26.7 Å². The van der Waals surface area contributed by atoms with E-state index in [1.807, 2.05) is 0 Å². The Morgan fingerprint density at radius 3 is 2.59 bits per heavy atom. The fraction of sp³-hybridized carbons (Fsp3) is 0.818. The Labute approximate surface area is 101 Å². The van der Waals surface area contributed by atoms with Crippen molar-refractivity contribution in [1.82, 2.24) is 10.2 Å². The highest BCUT2D eigenvalue weighted by molar-refractivity contribution is 5.77. The zero-order valence-electron chi connectivity index (χ0n) is 10.5. The maximum absolute atomic E-state index is 11.7. The maximum atomic E-state index is 11.7. The first kappa shape index (κ1) is 13.8. The number of aliphatic carboxylic acids is 1. The highest BCUT2D eigenvalue weighted by Crippen LogP contribution is 2.28. The van der Waals surface area contributed by atoms with Crippen LogP contribution in [0.25, 0.3) is 0 Å². The second kappa shape index (κ2) is 5.35. The van der Waals surface area contributed by atoms with E-state index in [1.165, 1.54) is 7.11 Å². The minimum atomic E-state index is -1.07. The van der Waals surface area contributed by atoms with Gasteiger partial charge in [-0.2, -0.15) is 0 Å². The summed E-state index contributed by atoms with van der Waals surface area (Å²) in [4.78, 5) is 24.1. The SMILES string of the molecule is COC(CNC(=O)N1CCC(C)(C)C1)C(=O)O. The van der Waals surface area contributed by atoms with E-state index < -0.39 is 12.1 Å². The molecule has 0 bridgehead atoms. The topological polar surface area (TPSA) is 78.9 Å². The number of likely N-dealkylation sites (tertiary alicyclic amines) is 1. The van der Waals surface area contributed by atoms with Crippen molar-refractivity contribution in [1.29, 1.82) is 0 Å². The number of nitrogens with zero attached hydrogens (tertiary/aromatic N) is 1. The number of urea groups is 1. The van der Waals surface area contributed by atoms with Crippen LogP contribution in [0.1, 0.15) is 20.3 Å². The van der Waals surface area contributed by atoms with Gasteiger partial charge in [0.1, 0.15) is 0 Å². The molecule has 1 rings (SSSR count). The summed E-state index contributed by atoms with van der Waals surface area (Å²) in [5.41, 5.74) is 0.144. The number of hydrogen-bond donors (Lipinski definition) is 2. The summed E-state index contributed by atoms with van der Waals surface area (Å²) in [5.74, 6) is -1.07. The number of carboxylic acid groups (broad SMARTS) is 1. The summed E-state index contributed by atoms with van der Waals surface area (Å²) in [6, 6.07) is -0.223. The van der Waals surface area contributed by atoms with Crippen molar-refractivity contribution >= 4 is 12.0 Å². The molecule has 2 N–H and O–H groups in total. The average molecular weight is 244 g/mol. The van der Waals surface area contributed by atoms with E-state index in [-0.39, 0.29) is 18.0 Å². The van der Waals surface area contributed by atoms with E-state index in [2.05, 4.69) is 19.2 Å². The molecule has 1 atom stereocenters. The van der Waals surface area contributed by atoms with Crippen LogP contribution in [-0.4, -0.2) is 54.9 Å². The van der Waals surface area contributed by atoms with Crippen molar-refractivity contribution < 1.29 is 19.4 Å². The van der Waals surface area contributed by atoms with E-state index in [0.717, 1.165) is 6.42 Å². The van der Waals surface area contributed by atoms with Crippen molar-refractivity contribution in [3.8, 4) is 0 Å². The molecule has 17 heavy (non-hydrogen) atoms. The normalized spacial score (nSPS) is 20.1. The molecule has 98 valence electrons. The van der Waals surface area contributed by atoms with Gasteiger partial charge < -0.3 is 20.1 Å². The zero-order chi connectivity index (χ0) is 13.1. The van der Waals surface area contributed by atoms with Crippen molar-refractivity contribution in [2.24, 2.45) is 5.41 Å². The Balaban J connectivity index is 2.38. The number of rotatable bonds is 4. The van der Waals surface area contributed by atoms with Crippen LogP contribution in [0.4, 0.5) is 4.79 Å². The molecular weight excluding hydrogens is 224 g/mol. The van der Waals surface area contributed by atoms with Crippen molar-refractivity contribution in [3.63, 3.8) is 0 Å². The fourth-order valence-corrected chi connectivity index (χ4v) is 1.85. The average Bonchev–Trinajstić information content (AvgIpc) is 2.59. The molecule has 6 nitrogen and oxygen atoms in total. The summed E-state index contributed by atoms with van der Waals surface area (Å²) >= 11 is 0. The van der Waals surface area contributed by atoms with Gasteiger partial charge in [-0.15, -0.1) is 0 Å². The molecule has 0 aromatic carbocycles. The van der Waals surface area contributed by atoms with E-state index in [1.54, 1.807) is 4.90 Å². The van der Waals surface area contributed by atoms with Gasteiger partial charge in [0.15, 0.2) is 6.10 Å². The lowest BCUT2D eigenvalue weighted by atomic mass is 9.93. The van der Waals surface area contributed by atoms with Crippen LogP contribution in [0.3, 0.4) is 0 Å². The molecule has 2 amide bonds. The largest absolute Gasteiger partial charge is 0.479 e. The summed E-state index contributed by atoms with van der Waals surface area (Å²) in [5, 5.41) is 11.3. The molecule has 1 aliphatic rings. The smallest absolute Gasteiger partial charge is 0.334 e. The Morgan fingerprint density at radius 1 is 1.53 bits per heavy atom. The highest BCUT2D eigenvalue weighted by Gasteiger charge is 2.32. The Bertz CT molecular complexity index is 304. The molecule has 0 radical (unpaired) electrons. The summed E-state index contributed by atoms with van der Waals surface area (Å²) in [6.45, 7) is 5.61. The molecule has 0 saturated carbocycles. The predicted molar refractivity (Wildman–Crippen MR) is 61.8 cm³/mol. The van der Waals surface area contributed by atoms with Crippen molar-refractivity contribution in [2.45, 2.75) is 26.4 Å². The maximum Gasteiger partial charge on any atom is 0.334 e. The van der Waals surface area contributed by atoms with E-state index >= 15 is 0 Å². The van der Waals surface area contributed by atoms with Crippen molar-refractivity contribution in [3.05, 3.63) is 0 Å². The van der Waals surface area contributed by atoms with E-state index in [0.29, 0.717) is 13.1 Å². The molecule has 0 spiro atoms. The highest BCUT2D eigenvalue weighted by atomic mass is 16.5. The van der Waals surface area contributed by atoms with Crippen LogP contribution in [0, 0.1) is 5.41 Å². The molecule has 1 saturated heterocycles. The standard InChI is InChI=1S/C11H20N2O4/c1-11(2)4-5-13(7-11)10(16)12-6-8(17-3)9(14)15/h8H,4-7H2,1-3H3,(H,12,16)(H,14,15). The van der Waals surface area contributed by atoms with Crippen LogP contribution >= 0.6 is 0 Å². The Hall–Kier alpha value is -1.30. The van der Waals surface area contributed by atoms with Gasteiger partial charge in [0.2, 0.25) is 0 Å². The lowest BCUT2D eigenvalue weighted by Gasteiger charge is -2.21. The second-order valence-corrected chi connectivity index (χ2v) is 5.08. The van der Waals surface area contributed by atoms with E-state index in [4.69, 9.17) is 9.84 Å². The number of methoxy groups -OCH3 is 1. The second-order valence-electron chi connectivity index (χ2n) is 5.08. The first-order valence-corrected chi connectivity index (χ1v) is 5.64. The van der Waals surface area contributed by atoms with E-state index in [9.17, 15) is 9.59 Å². The molecule has 0 aromatic rings. The van der Waals surface area contributed by atoms with Crippen LogP contribution < -0.4 is 5.32 Å². The molecule has 0 aliphatic carbocycles. The number of amides is 2. The lowest BCUT2D eigenvalue weighted by Crippen LogP contribution is -2.44. The number of nitrogens with one attached hydrogen (secondary N) is 1. The van der Waals surface area contributed by atoms with Gasteiger partial charge in [-0.1, -0.05) is 13.8 Å². The van der Waals surface area contributed by atoms with Crippen LogP contribution in [0.15, 0.2) is 0 Å². The molecule has 6 heteroatoms. The minimum Gasteiger partial charge on any atom is -0.479 e. The number of ether oxygens (including phenoxy) is 1. The molecule has 1 heterocycles. The molecule has 1 aliphatic heterocycles. The molecular formula is C11H20N2O4. The molecule has 0 aromatic heterocycles. The van der Waals surface area contributed by atoms with Gasteiger partial charge in [-0.3, -0.25) is 0 Å². The third kappa shape index (κ3) is 3.89. The van der Waals surface area contributed by atoms with Crippen LogP contribution in [0.5, 0.6) is 0 Å². The van der Waals surface area contributed by atoms with Gasteiger partial charge in [0.05, 0.1) is 6.54 Å². The lowest BCUT2D eigenvalue weighted by molar-refractivity contribution is -0.148. The number of carbonyl (C=O) groups excluding carboxylic acids is 1. The third-order valence-corrected chi connectivity index (χ3v) is 2.96. The number of hydrogen-bond acceptors (Lipinski definition) is 3. The van der Waals surface area contributed by atoms with Gasteiger partial charge >= 0.3 is 12.0 Å². The van der Waals surface area contributed by atoms with Gasteiger partial charge in [-0.05, 0) is 11.8 Å². The Morgan fingerprint density at radius 2 is 2.18 bits per heavy atom. The first-order valence-electron chi connectivity index (χ1n) is 5.64. The fourth-order valence-electron chi connectivity index (χ4n) is 1.85. The summed E-state index contributed by atoms with van der Waals surface area (Å²) in [6.07, 6.45) is -0.0258. The molecule has 1 unspecified atom stereocenters. The van der Waals surface area contributed by atoms with Crippen LogP contribution in [0.2, 0.25) is 0 Å². The minimum absolute atomic E-state index is 0.0123. The van der Waals surface area contributed by atoms with Crippen LogP contribution in [-0.2, 0) is 9.53 Å². The van der Waals surface area contributed by atoms with Gasteiger partial charge in [0.25, 0.3) is 0 Å². The quantitative estimate of drug-likeness (QED) is 0.756. The zero-order valence-corrected chi connectivity index (χ0v) is 10.5. The predicted octanol–water partition coefficient (Wildman–Crippen LogP) is 0.527. The third-order valence-electron chi connectivity index (χ3n) is 2.96. The Kier molecular flexibility index (Phi) is 4.34. The van der Waals surface area contributed by atoms with Gasteiger partial charge in [-0.25, -0.2) is 9.59 Å². The summed E-state index contributed by atoms with van der Waals surface area (Å²) < 4.78 is 4.73. The molecule has 1 fully saturated rings. The van der Waals surface area contributed by atoms with Gasteiger partial charge in [0, 0.05) is 20.2 Å². The number of carboxylic acids is 1. The summed E-state index contributed by atoms with van der Waals surface area (Å²) in [7, 11) is 1.31.